The van der Waals surface area contributed by atoms with Crippen LogP contribution in [0, 0.1) is 20.8 Å². The van der Waals surface area contributed by atoms with Gasteiger partial charge in [0.2, 0.25) is 0 Å². The van der Waals surface area contributed by atoms with Gasteiger partial charge >= 0.3 is 0 Å². The van der Waals surface area contributed by atoms with Crippen molar-refractivity contribution in [2.45, 2.75) is 32.3 Å². The number of benzene rings is 1. The number of aryl methyl sites for hydroxylation is 3. The van der Waals surface area contributed by atoms with Gasteiger partial charge in [-0.3, -0.25) is 4.18 Å². The third-order valence-corrected chi connectivity index (χ3v) is 3.94. The number of oxazole rings is 1. The predicted molar refractivity (Wildman–Crippen MR) is 69.1 cm³/mol. The standard InChI is InChI=1S/C13H15NO4S/c1-9-4-6-12(7-5-9)19(15,16)17-8-13-10(2)18-11(3)14-13/h4-7H,8H2,1-3H3. The average Bonchev–Trinajstić information content (AvgIpc) is 2.66. The van der Waals surface area contributed by atoms with Crippen molar-refractivity contribution in [2.75, 3.05) is 0 Å². The van der Waals surface area contributed by atoms with Gasteiger partial charge in [-0.2, -0.15) is 8.42 Å². The lowest BCUT2D eigenvalue weighted by atomic mass is 10.2. The smallest absolute Gasteiger partial charge is 0.297 e. The summed E-state index contributed by atoms with van der Waals surface area (Å²) in [6.45, 7) is 5.18. The summed E-state index contributed by atoms with van der Waals surface area (Å²) in [5, 5.41) is 0. The molecular weight excluding hydrogens is 266 g/mol. The highest BCUT2D eigenvalue weighted by atomic mass is 32.2. The molecule has 0 bridgehead atoms. The molecular formula is C13H15NO4S. The van der Waals surface area contributed by atoms with Gasteiger partial charge in [0.15, 0.2) is 5.89 Å². The lowest BCUT2D eigenvalue weighted by molar-refractivity contribution is 0.302. The molecule has 0 aliphatic carbocycles. The Labute approximate surface area is 112 Å². The SMILES string of the molecule is Cc1ccc(S(=O)(=O)OCc2nc(C)oc2C)cc1. The van der Waals surface area contributed by atoms with Crippen molar-refractivity contribution in [3.8, 4) is 0 Å². The molecule has 0 N–H and O–H groups in total. The van der Waals surface area contributed by atoms with Crippen LogP contribution in [0.5, 0.6) is 0 Å². The summed E-state index contributed by atoms with van der Waals surface area (Å²) >= 11 is 0. The minimum atomic E-state index is -3.76. The van der Waals surface area contributed by atoms with Gasteiger partial charge in [0, 0.05) is 6.92 Å². The molecule has 0 spiro atoms. The second-order valence-corrected chi connectivity index (χ2v) is 5.88. The van der Waals surface area contributed by atoms with E-state index in [4.69, 9.17) is 8.60 Å². The maximum Gasteiger partial charge on any atom is 0.297 e. The number of hydrogen-bond acceptors (Lipinski definition) is 5. The quantitative estimate of drug-likeness (QED) is 0.805. The largest absolute Gasteiger partial charge is 0.446 e. The van der Waals surface area contributed by atoms with E-state index >= 15 is 0 Å². The van der Waals surface area contributed by atoms with Gasteiger partial charge < -0.3 is 4.42 Å². The first-order valence-corrected chi connectivity index (χ1v) is 7.18. The number of rotatable bonds is 4. The second-order valence-electron chi connectivity index (χ2n) is 4.27. The molecule has 1 aromatic heterocycles. The fraction of sp³-hybridized carbons (Fsp3) is 0.308. The van der Waals surface area contributed by atoms with Crippen LogP contribution in [0.2, 0.25) is 0 Å². The van der Waals surface area contributed by atoms with Crippen LogP contribution in [0.15, 0.2) is 33.6 Å². The predicted octanol–water partition coefficient (Wildman–Crippen LogP) is 2.51. The van der Waals surface area contributed by atoms with Crippen LogP contribution in [0.3, 0.4) is 0 Å². The number of nitrogens with zero attached hydrogens (tertiary/aromatic N) is 1. The van der Waals surface area contributed by atoms with Crippen LogP contribution in [-0.4, -0.2) is 13.4 Å². The van der Waals surface area contributed by atoms with Gasteiger partial charge in [-0.05, 0) is 26.0 Å². The Hall–Kier alpha value is -1.66. The maximum atomic E-state index is 12.0. The lowest BCUT2D eigenvalue weighted by Crippen LogP contribution is -2.07. The van der Waals surface area contributed by atoms with Crippen LogP contribution >= 0.6 is 0 Å². The Kier molecular flexibility index (Phi) is 3.73. The van der Waals surface area contributed by atoms with Crippen LogP contribution < -0.4 is 0 Å². The van der Waals surface area contributed by atoms with E-state index in [2.05, 4.69) is 4.98 Å². The highest BCUT2D eigenvalue weighted by Gasteiger charge is 2.17. The molecule has 0 saturated heterocycles. The van der Waals surface area contributed by atoms with Crippen LogP contribution in [-0.2, 0) is 20.9 Å². The Morgan fingerprint density at radius 2 is 1.79 bits per heavy atom. The summed E-state index contributed by atoms with van der Waals surface area (Å²) in [6.07, 6.45) is 0. The molecule has 0 unspecified atom stereocenters. The van der Waals surface area contributed by atoms with E-state index in [9.17, 15) is 8.42 Å². The summed E-state index contributed by atoms with van der Waals surface area (Å²) in [4.78, 5) is 4.20. The van der Waals surface area contributed by atoms with E-state index in [0.717, 1.165) is 5.56 Å². The molecule has 2 rings (SSSR count). The first-order valence-electron chi connectivity index (χ1n) is 5.77. The molecule has 5 nitrogen and oxygen atoms in total. The van der Waals surface area contributed by atoms with Crippen LogP contribution in [0.25, 0.3) is 0 Å². The zero-order valence-electron chi connectivity index (χ0n) is 11.0. The van der Waals surface area contributed by atoms with E-state index in [0.29, 0.717) is 17.3 Å². The van der Waals surface area contributed by atoms with Gasteiger partial charge in [0.05, 0.1) is 4.90 Å². The van der Waals surface area contributed by atoms with Crippen molar-refractivity contribution in [1.82, 2.24) is 4.98 Å². The summed E-state index contributed by atoms with van der Waals surface area (Å²) in [7, 11) is -3.76. The zero-order chi connectivity index (χ0) is 14.0. The molecule has 6 heteroatoms. The van der Waals surface area contributed by atoms with E-state index in [1.807, 2.05) is 6.92 Å². The minimum absolute atomic E-state index is 0.126. The molecule has 0 aliphatic heterocycles. The summed E-state index contributed by atoms with van der Waals surface area (Å²) in [5.41, 5.74) is 1.48. The molecule has 0 radical (unpaired) electrons. The Morgan fingerprint density at radius 3 is 2.32 bits per heavy atom. The fourth-order valence-corrected chi connectivity index (χ4v) is 2.48. The maximum absolute atomic E-state index is 12.0. The Bertz CT molecular complexity index is 671. The molecule has 0 atom stereocenters. The lowest BCUT2D eigenvalue weighted by Gasteiger charge is -2.04. The third-order valence-electron chi connectivity index (χ3n) is 2.66. The van der Waals surface area contributed by atoms with E-state index in [-0.39, 0.29) is 11.5 Å². The van der Waals surface area contributed by atoms with Crippen LogP contribution in [0.4, 0.5) is 0 Å². The summed E-state index contributed by atoms with van der Waals surface area (Å²) in [6, 6.07) is 6.49. The minimum Gasteiger partial charge on any atom is -0.446 e. The molecule has 102 valence electrons. The molecule has 1 aromatic carbocycles. The molecule has 0 fully saturated rings. The van der Waals surface area contributed by atoms with E-state index in [1.165, 1.54) is 12.1 Å². The highest BCUT2D eigenvalue weighted by molar-refractivity contribution is 7.86. The van der Waals surface area contributed by atoms with Crippen molar-refractivity contribution >= 4 is 10.1 Å². The zero-order valence-corrected chi connectivity index (χ0v) is 11.8. The van der Waals surface area contributed by atoms with Gasteiger partial charge in [-0.25, -0.2) is 4.98 Å². The van der Waals surface area contributed by atoms with Crippen molar-refractivity contribution in [3.05, 3.63) is 47.2 Å². The number of hydrogen-bond donors (Lipinski definition) is 0. The van der Waals surface area contributed by atoms with Crippen molar-refractivity contribution in [1.29, 1.82) is 0 Å². The van der Waals surface area contributed by atoms with Crippen molar-refractivity contribution in [2.24, 2.45) is 0 Å². The monoisotopic (exact) mass is 281 g/mol. The Morgan fingerprint density at radius 1 is 1.16 bits per heavy atom. The first kappa shape index (κ1) is 13.8. The summed E-state index contributed by atoms with van der Waals surface area (Å²) in [5.74, 6) is 1.06. The van der Waals surface area contributed by atoms with Gasteiger partial charge in [-0.1, -0.05) is 17.7 Å². The van der Waals surface area contributed by atoms with Gasteiger partial charge in [-0.15, -0.1) is 0 Å². The average molecular weight is 281 g/mol. The van der Waals surface area contributed by atoms with Gasteiger partial charge in [0.25, 0.3) is 10.1 Å². The fourth-order valence-electron chi connectivity index (χ4n) is 1.61. The molecule has 1 heterocycles. The van der Waals surface area contributed by atoms with Crippen LogP contribution in [0.1, 0.15) is 22.9 Å². The molecule has 0 saturated carbocycles. The van der Waals surface area contributed by atoms with E-state index in [1.54, 1.807) is 26.0 Å². The van der Waals surface area contributed by atoms with Gasteiger partial charge in [0.1, 0.15) is 18.1 Å². The third kappa shape index (κ3) is 3.21. The normalized spacial score (nSPS) is 11.7. The number of aromatic nitrogens is 1. The van der Waals surface area contributed by atoms with Crippen molar-refractivity contribution < 1.29 is 17.0 Å². The summed E-state index contributed by atoms with van der Waals surface area (Å²) < 4.78 is 34.1. The first-order chi connectivity index (χ1) is 8.88. The molecule has 0 amide bonds. The Balaban J connectivity index is 2.14. The topological polar surface area (TPSA) is 69.4 Å². The van der Waals surface area contributed by atoms with E-state index < -0.39 is 10.1 Å². The second kappa shape index (κ2) is 5.14. The molecule has 2 aromatic rings. The van der Waals surface area contributed by atoms with Crippen molar-refractivity contribution in [3.63, 3.8) is 0 Å². The molecule has 0 aliphatic rings. The highest BCUT2D eigenvalue weighted by Crippen LogP contribution is 2.17. The molecule has 19 heavy (non-hydrogen) atoms.